The molecule has 0 spiro atoms. The van der Waals surface area contributed by atoms with Crippen LogP contribution in [0.5, 0.6) is 0 Å². The summed E-state index contributed by atoms with van der Waals surface area (Å²) in [6, 6.07) is 0.757. The van der Waals surface area contributed by atoms with Gasteiger partial charge in [0.25, 0.3) is 0 Å². The molecule has 1 saturated heterocycles. The molecule has 0 aromatic rings. The van der Waals surface area contributed by atoms with Crippen LogP contribution in [0.25, 0.3) is 0 Å². The zero-order valence-corrected chi connectivity index (χ0v) is 13.7. The Morgan fingerprint density at radius 3 is 2.35 bits per heavy atom. The van der Waals surface area contributed by atoms with E-state index in [1.807, 2.05) is 0 Å². The van der Waals surface area contributed by atoms with Crippen LogP contribution in [0.3, 0.4) is 0 Å². The van der Waals surface area contributed by atoms with Gasteiger partial charge in [-0.3, -0.25) is 9.69 Å². The number of carbonyl (C=O) groups excluding carboxylic acids is 1. The highest BCUT2D eigenvalue weighted by molar-refractivity contribution is 5.78. The second-order valence-electron chi connectivity index (χ2n) is 6.30. The quantitative estimate of drug-likeness (QED) is 0.716. The van der Waals surface area contributed by atoms with Crippen molar-refractivity contribution in [2.75, 3.05) is 26.2 Å². The largest absolute Gasteiger partial charge is 0.352 e. The second kappa shape index (κ2) is 9.35. The number of nitrogens with zero attached hydrogens (tertiary/aromatic N) is 1. The number of hydrogen-bond acceptors (Lipinski definition) is 3. The number of piperidine rings is 1. The number of amides is 1. The van der Waals surface area contributed by atoms with Crippen LogP contribution >= 0.6 is 0 Å². The van der Waals surface area contributed by atoms with Gasteiger partial charge in [-0.15, -0.1) is 0 Å². The molecule has 0 radical (unpaired) electrons. The van der Waals surface area contributed by atoms with Gasteiger partial charge in [-0.05, 0) is 58.5 Å². The van der Waals surface area contributed by atoms with Crippen LogP contribution in [-0.2, 0) is 4.79 Å². The minimum absolute atomic E-state index is 0.182. The van der Waals surface area contributed by atoms with E-state index in [9.17, 15) is 4.79 Å². The topological polar surface area (TPSA) is 44.4 Å². The number of hydrogen-bond donors (Lipinski definition) is 2. The smallest absolute Gasteiger partial charge is 0.234 e. The molecule has 1 rings (SSSR count). The van der Waals surface area contributed by atoms with E-state index in [1.165, 1.54) is 12.8 Å². The molecule has 2 N–H and O–H groups in total. The molecule has 4 nitrogen and oxygen atoms in total. The van der Waals surface area contributed by atoms with Gasteiger partial charge in [0.1, 0.15) is 0 Å². The van der Waals surface area contributed by atoms with E-state index < -0.39 is 0 Å². The molecule has 0 aliphatic carbocycles. The van der Waals surface area contributed by atoms with Crippen molar-refractivity contribution in [2.45, 2.75) is 65.5 Å². The minimum Gasteiger partial charge on any atom is -0.352 e. The van der Waals surface area contributed by atoms with E-state index in [1.54, 1.807) is 0 Å². The molecule has 0 unspecified atom stereocenters. The number of nitrogens with one attached hydrogen (secondary N) is 2. The highest BCUT2D eigenvalue weighted by Crippen LogP contribution is 2.15. The summed E-state index contributed by atoms with van der Waals surface area (Å²) >= 11 is 0. The van der Waals surface area contributed by atoms with E-state index >= 15 is 0 Å². The van der Waals surface area contributed by atoms with Crippen LogP contribution in [0.1, 0.15) is 53.4 Å². The SMILES string of the molecule is CCC(CC)NC(=O)CN(CC1CCNCC1)C(C)C. The molecule has 0 bridgehead atoms. The summed E-state index contributed by atoms with van der Waals surface area (Å²) in [5, 5.41) is 6.55. The Labute approximate surface area is 124 Å². The average molecular weight is 283 g/mol. The minimum atomic E-state index is 0.182. The highest BCUT2D eigenvalue weighted by atomic mass is 16.2. The van der Waals surface area contributed by atoms with Crippen molar-refractivity contribution in [3.05, 3.63) is 0 Å². The van der Waals surface area contributed by atoms with Crippen LogP contribution < -0.4 is 10.6 Å². The third-order valence-corrected chi connectivity index (χ3v) is 4.38. The van der Waals surface area contributed by atoms with Gasteiger partial charge in [0.2, 0.25) is 5.91 Å². The van der Waals surface area contributed by atoms with Crippen LogP contribution in [0.4, 0.5) is 0 Å². The van der Waals surface area contributed by atoms with Crippen molar-refractivity contribution < 1.29 is 4.79 Å². The molecule has 0 aromatic carbocycles. The zero-order valence-electron chi connectivity index (χ0n) is 13.7. The van der Waals surface area contributed by atoms with Gasteiger partial charge >= 0.3 is 0 Å². The molecule has 1 fully saturated rings. The van der Waals surface area contributed by atoms with E-state index in [2.05, 4.69) is 43.2 Å². The Hall–Kier alpha value is -0.610. The van der Waals surface area contributed by atoms with Crippen molar-refractivity contribution in [3.8, 4) is 0 Å². The molecule has 1 aliphatic rings. The summed E-state index contributed by atoms with van der Waals surface area (Å²) < 4.78 is 0. The monoisotopic (exact) mass is 283 g/mol. The molecule has 1 heterocycles. The summed E-state index contributed by atoms with van der Waals surface area (Å²) in [4.78, 5) is 14.5. The Balaban J connectivity index is 2.43. The Morgan fingerprint density at radius 1 is 1.25 bits per heavy atom. The summed E-state index contributed by atoms with van der Waals surface area (Å²) in [5.74, 6) is 0.918. The van der Waals surface area contributed by atoms with Crippen LogP contribution in [0, 0.1) is 5.92 Å². The van der Waals surface area contributed by atoms with E-state index in [4.69, 9.17) is 0 Å². The first kappa shape index (κ1) is 17.4. The first-order valence-corrected chi connectivity index (χ1v) is 8.30. The molecule has 0 atom stereocenters. The fourth-order valence-corrected chi connectivity index (χ4v) is 2.80. The highest BCUT2D eigenvalue weighted by Gasteiger charge is 2.21. The summed E-state index contributed by atoms with van der Waals surface area (Å²) in [7, 11) is 0. The third kappa shape index (κ3) is 6.23. The predicted octanol–water partition coefficient (Wildman–Crippen LogP) is 2.00. The maximum Gasteiger partial charge on any atom is 0.234 e. The molecule has 20 heavy (non-hydrogen) atoms. The Bertz CT molecular complexity index is 271. The molecular weight excluding hydrogens is 250 g/mol. The first-order chi connectivity index (χ1) is 9.56. The van der Waals surface area contributed by atoms with Crippen LogP contribution in [-0.4, -0.2) is 49.1 Å². The van der Waals surface area contributed by atoms with Crippen LogP contribution in [0.2, 0.25) is 0 Å². The van der Waals surface area contributed by atoms with Gasteiger partial charge in [0.05, 0.1) is 6.54 Å². The Kier molecular flexibility index (Phi) is 8.15. The lowest BCUT2D eigenvalue weighted by Gasteiger charge is -2.32. The molecule has 1 amide bonds. The average Bonchev–Trinajstić information content (AvgIpc) is 2.45. The van der Waals surface area contributed by atoms with E-state index in [0.29, 0.717) is 18.6 Å². The van der Waals surface area contributed by atoms with Crippen molar-refractivity contribution in [2.24, 2.45) is 5.92 Å². The van der Waals surface area contributed by atoms with Gasteiger partial charge < -0.3 is 10.6 Å². The summed E-state index contributed by atoms with van der Waals surface area (Å²) in [5.41, 5.74) is 0. The summed E-state index contributed by atoms with van der Waals surface area (Å²) in [6.45, 7) is 12.5. The van der Waals surface area contributed by atoms with Gasteiger partial charge in [-0.1, -0.05) is 13.8 Å². The predicted molar refractivity (Wildman–Crippen MR) is 84.8 cm³/mol. The lowest BCUT2D eigenvalue weighted by molar-refractivity contribution is -0.123. The second-order valence-corrected chi connectivity index (χ2v) is 6.30. The zero-order chi connectivity index (χ0) is 15.0. The third-order valence-electron chi connectivity index (χ3n) is 4.38. The van der Waals surface area contributed by atoms with Crippen molar-refractivity contribution in [3.63, 3.8) is 0 Å². The molecule has 0 saturated carbocycles. The van der Waals surface area contributed by atoms with Gasteiger partial charge in [0, 0.05) is 18.6 Å². The maximum absolute atomic E-state index is 12.2. The summed E-state index contributed by atoms with van der Waals surface area (Å²) in [6.07, 6.45) is 4.49. The molecule has 1 aliphatic heterocycles. The maximum atomic E-state index is 12.2. The van der Waals surface area contributed by atoms with Gasteiger partial charge in [-0.2, -0.15) is 0 Å². The molecule has 0 aromatic heterocycles. The van der Waals surface area contributed by atoms with E-state index in [-0.39, 0.29) is 5.91 Å². The van der Waals surface area contributed by atoms with E-state index in [0.717, 1.165) is 38.4 Å². The fraction of sp³-hybridized carbons (Fsp3) is 0.938. The Morgan fingerprint density at radius 2 is 1.85 bits per heavy atom. The molecule has 4 heteroatoms. The first-order valence-electron chi connectivity index (χ1n) is 8.30. The van der Waals surface area contributed by atoms with Crippen molar-refractivity contribution >= 4 is 5.91 Å². The van der Waals surface area contributed by atoms with Crippen LogP contribution in [0.15, 0.2) is 0 Å². The lowest BCUT2D eigenvalue weighted by Crippen LogP contribution is -2.46. The molecule has 118 valence electrons. The lowest BCUT2D eigenvalue weighted by atomic mass is 9.97. The van der Waals surface area contributed by atoms with Crippen molar-refractivity contribution in [1.82, 2.24) is 15.5 Å². The standard InChI is InChI=1S/C16H33N3O/c1-5-15(6-2)18-16(20)12-19(13(3)4)11-14-7-9-17-10-8-14/h13-15,17H,5-12H2,1-4H3,(H,18,20). The number of carbonyl (C=O) groups is 1. The fourth-order valence-electron chi connectivity index (χ4n) is 2.80. The van der Waals surface area contributed by atoms with Crippen molar-refractivity contribution in [1.29, 1.82) is 0 Å². The van der Waals surface area contributed by atoms with Gasteiger partial charge in [0.15, 0.2) is 0 Å². The molecular formula is C16H33N3O. The van der Waals surface area contributed by atoms with Gasteiger partial charge in [-0.25, -0.2) is 0 Å². The normalized spacial score (nSPS) is 17.1. The number of rotatable bonds is 8.